The third-order valence-electron chi connectivity index (χ3n) is 2.67. The lowest BCUT2D eigenvalue weighted by Crippen LogP contribution is -2.18. The maximum absolute atomic E-state index is 11.3. The van der Waals surface area contributed by atoms with Crippen LogP contribution in [-0.4, -0.2) is 21.6 Å². The molecule has 1 heterocycles. The van der Waals surface area contributed by atoms with Gasteiger partial charge in [-0.25, -0.2) is 8.42 Å². The average molecular weight is 356 g/mol. The number of hydrogen-bond donors (Lipinski definition) is 0. The van der Waals surface area contributed by atoms with Crippen LogP contribution < -0.4 is 9.47 Å². The zero-order chi connectivity index (χ0) is 13.3. The Balaban J connectivity index is 2.58. The van der Waals surface area contributed by atoms with Gasteiger partial charge in [0.1, 0.15) is 13.2 Å². The minimum absolute atomic E-state index is 0.227. The Morgan fingerprint density at radius 2 is 2.00 bits per heavy atom. The molecule has 1 aromatic rings. The summed E-state index contributed by atoms with van der Waals surface area (Å²) in [6.45, 7) is 2.90. The monoisotopic (exact) mass is 354 g/mol. The molecule has 7 heteroatoms. The molecule has 0 spiro atoms. The van der Waals surface area contributed by atoms with Crippen LogP contribution >= 0.6 is 26.6 Å². The van der Waals surface area contributed by atoms with Gasteiger partial charge in [-0.1, -0.05) is 22.9 Å². The molecule has 0 unspecified atom stereocenters. The van der Waals surface area contributed by atoms with Crippen LogP contribution in [0.25, 0.3) is 0 Å². The summed E-state index contributed by atoms with van der Waals surface area (Å²) in [6, 6.07) is 1.73. The number of hydrogen-bond acceptors (Lipinski definition) is 4. The lowest BCUT2D eigenvalue weighted by Gasteiger charge is -2.23. The number of halogens is 2. The SMILES string of the molecule is CCc1c(CS(=O)(=O)Cl)c(Br)cc2c1OCCO2. The molecular weight excluding hydrogens is 344 g/mol. The smallest absolute Gasteiger partial charge is 0.236 e. The molecule has 100 valence electrons. The van der Waals surface area contributed by atoms with Crippen molar-refractivity contribution in [2.75, 3.05) is 13.2 Å². The fourth-order valence-electron chi connectivity index (χ4n) is 1.96. The Kier molecular flexibility index (Phi) is 4.08. The molecule has 0 fully saturated rings. The number of fused-ring (bicyclic) bond motifs is 1. The second kappa shape index (κ2) is 5.27. The summed E-state index contributed by atoms with van der Waals surface area (Å²) in [4.78, 5) is 0. The molecule has 2 rings (SSSR count). The lowest BCUT2D eigenvalue weighted by atomic mass is 10.0. The molecule has 0 radical (unpaired) electrons. The highest BCUT2D eigenvalue weighted by Crippen LogP contribution is 2.41. The van der Waals surface area contributed by atoms with Crippen LogP contribution in [0.2, 0.25) is 0 Å². The summed E-state index contributed by atoms with van der Waals surface area (Å²) in [5.74, 6) is 1.04. The second-order valence-electron chi connectivity index (χ2n) is 3.88. The van der Waals surface area contributed by atoms with Gasteiger partial charge in [-0.3, -0.25) is 0 Å². The Morgan fingerprint density at radius 1 is 1.33 bits per heavy atom. The molecule has 0 N–H and O–H groups in total. The van der Waals surface area contributed by atoms with E-state index in [1.165, 1.54) is 0 Å². The van der Waals surface area contributed by atoms with Crippen molar-refractivity contribution in [2.24, 2.45) is 0 Å². The van der Waals surface area contributed by atoms with Gasteiger partial charge in [0.25, 0.3) is 0 Å². The van der Waals surface area contributed by atoms with Gasteiger partial charge in [0.05, 0.1) is 5.75 Å². The van der Waals surface area contributed by atoms with Crippen molar-refractivity contribution in [3.63, 3.8) is 0 Å². The minimum atomic E-state index is -3.61. The van der Waals surface area contributed by atoms with Gasteiger partial charge < -0.3 is 9.47 Å². The molecule has 0 saturated heterocycles. The highest BCUT2D eigenvalue weighted by Gasteiger charge is 2.23. The largest absolute Gasteiger partial charge is 0.486 e. The summed E-state index contributed by atoms with van der Waals surface area (Å²) >= 11 is 3.36. The predicted molar refractivity (Wildman–Crippen MR) is 73.0 cm³/mol. The van der Waals surface area contributed by atoms with Gasteiger partial charge in [0.15, 0.2) is 11.5 Å². The van der Waals surface area contributed by atoms with Crippen LogP contribution in [0.3, 0.4) is 0 Å². The molecule has 18 heavy (non-hydrogen) atoms. The molecule has 4 nitrogen and oxygen atoms in total. The first-order valence-corrected chi connectivity index (χ1v) is 8.71. The van der Waals surface area contributed by atoms with E-state index in [4.69, 9.17) is 20.2 Å². The van der Waals surface area contributed by atoms with Gasteiger partial charge in [0, 0.05) is 20.7 Å². The second-order valence-corrected chi connectivity index (χ2v) is 7.51. The molecule has 0 amide bonds. The summed E-state index contributed by atoms with van der Waals surface area (Å²) < 4.78 is 34.3. The summed E-state index contributed by atoms with van der Waals surface area (Å²) in [7, 11) is 1.72. The van der Waals surface area contributed by atoms with Crippen molar-refractivity contribution < 1.29 is 17.9 Å². The minimum Gasteiger partial charge on any atom is -0.486 e. The summed E-state index contributed by atoms with van der Waals surface area (Å²) in [5.41, 5.74) is 1.46. The van der Waals surface area contributed by atoms with Crippen molar-refractivity contribution >= 4 is 35.7 Å². The predicted octanol–water partition coefficient (Wildman–Crippen LogP) is 2.85. The third kappa shape index (κ3) is 2.92. The van der Waals surface area contributed by atoms with Gasteiger partial charge >= 0.3 is 0 Å². The fraction of sp³-hybridized carbons (Fsp3) is 0.455. The van der Waals surface area contributed by atoms with Crippen LogP contribution in [0.5, 0.6) is 11.5 Å². The van der Waals surface area contributed by atoms with Gasteiger partial charge in [-0.05, 0) is 18.1 Å². The first kappa shape index (κ1) is 14.0. The van der Waals surface area contributed by atoms with Crippen LogP contribution in [-0.2, 0) is 21.2 Å². The quantitative estimate of drug-likeness (QED) is 0.782. The molecule has 0 aliphatic carbocycles. The van der Waals surface area contributed by atoms with E-state index in [1.807, 2.05) is 6.92 Å². The maximum Gasteiger partial charge on any atom is 0.236 e. The van der Waals surface area contributed by atoms with E-state index >= 15 is 0 Å². The first-order valence-electron chi connectivity index (χ1n) is 5.44. The number of rotatable bonds is 3. The van der Waals surface area contributed by atoms with Crippen molar-refractivity contribution in [1.29, 1.82) is 0 Å². The van der Waals surface area contributed by atoms with Gasteiger partial charge in [-0.2, -0.15) is 0 Å². The van der Waals surface area contributed by atoms with Gasteiger partial charge in [0.2, 0.25) is 9.05 Å². The fourth-order valence-corrected chi connectivity index (χ4v) is 3.74. The van der Waals surface area contributed by atoms with Crippen molar-refractivity contribution in [1.82, 2.24) is 0 Å². The van der Waals surface area contributed by atoms with E-state index in [0.717, 1.165) is 5.56 Å². The summed E-state index contributed by atoms with van der Waals surface area (Å²) in [5, 5.41) is 0. The summed E-state index contributed by atoms with van der Waals surface area (Å²) in [6.07, 6.45) is 0.646. The van der Waals surface area contributed by atoms with E-state index in [9.17, 15) is 8.42 Å². The van der Waals surface area contributed by atoms with Crippen molar-refractivity contribution in [3.05, 3.63) is 21.7 Å². The average Bonchev–Trinajstić information content (AvgIpc) is 2.28. The molecule has 1 aliphatic rings. The van der Waals surface area contributed by atoms with E-state index in [2.05, 4.69) is 15.9 Å². The topological polar surface area (TPSA) is 52.6 Å². The first-order chi connectivity index (χ1) is 8.42. The Hall–Kier alpha value is -0.460. The van der Waals surface area contributed by atoms with E-state index in [0.29, 0.717) is 41.2 Å². The molecule has 0 atom stereocenters. The Labute approximate surface area is 119 Å². The van der Waals surface area contributed by atoms with Gasteiger partial charge in [-0.15, -0.1) is 0 Å². The van der Waals surface area contributed by atoms with Crippen LogP contribution in [0, 0.1) is 0 Å². The lowest BCUT2D eigenvalue weighted by molar-refractivity contribution is 0.169. The number of benzene rings is 1. The van der Waals surface area contributed by atoms with E-state index < -0.39 is 9.05 Å². The van der Waals surface area contributed by atoms with E-state index in [1.54, 1.807) is 6.07 Å². The molecular formula is C11H12BrClO4S. The molecule has 0 bridgehead atoms. The molecule has 1 aliphatic heterocycles. The van der Waals surface area contributed by atoms with Crippen LogP contribution in [0.4, 0.5) is 0 Å². The van der Waals surface area contributed by atoms with Crippen molar-refractivity contribution in [2.45, 2.75) is 19.1 Å². The number of ether oxygens (including phenoxy) is 2. The molecule has 0 saturated carbocycles. The molecule has 0 aromatic heterocycles. The van der Waals surface area contributed by atoms with Crippen molar-refractivity contribution in [3.8, 4) is 11.5 Å². The third-order valence-corrected chi connectivity index (χ3v) is 4.33. The van der Waals surface area contributed by atoms with E-state index in [-0.39, 0.29) is 5.75 Å². The highest BCUT2D eigenvalue weighted by atomic mass is 79.9. The maximum atomic E-state index is 11.3. The Bertz CT molecular complexity index is 571. The Morgan fingerprint density at radius 3 is 2.61 bits per heavy atom. The van der Waals surface area contributed by atoms with Crippen LogP contribution in [0.15, 0.2) is 10.5 Å². The van der Waals surface area contributed by atoms with Crippen LogP contribution in [0.1, 0.15) is 18.1 Å². The standard InChI is InChI=1S/C11H12BrClO4S/c1-2-7-8(6-18(13,14)15)9(12)5-10-11(7)17-4-3-16-10/h5H,2-4,6H2,1H3. The molecule has 1 aromatic carbocycles. The zero-order valence-electron chi connectivity index (χ0n) is 9.70. The highest BCUT2D eigenvalue weighted by molar-refractivity contribution is 9.10. The zero-order valence-corrected chi connectivity index (χ0v) is 12.9. The normalized spacial score (nSPS) is 14.6.